The molecule has 32 heavy (non-hydrogen) atoms. The Bertz CT molecular complexity index is 815. The van der Waals surface area contributed by atoms with E-state index in [1.165, 1.54) is 18.4 Å². The highest BCUT2D eigenvalue weighted by Crippen LogP contribution is 2.36. The number of carbonyl (C=O) groups is 3. The maximum atomic E-state index is 12.0. The topological polar surface area (TPSA) is 66.9 Å². The third-order valence-electron chi connectivity index (χ3n) is 7.06. The van der Waals surface area contributed by atoms with E-state index >= 15 is 0 Å². The normalized spacial score (nSPS) is 29.5. The molecular formula is C26H36N2O4. The largest absolute Gasteiger partial charge is 0.444 e. The zero-order valence-corrected chi connectivity index (χ0v) is 19.6. The van der Waals surface area contributed by atoms with Gasteiger partial charge in [-0.25, -0.2) is 4.79 Å². The minimum atomic E-state index is -0.460. The third kappa shape index (κ3) is 5.40. The first-order valence-corrected chi connectivity index (χ1v) is 12.0. The molecule has 6 nitrogen and oxygen atoms in total. The lowest BCUT2D eigenvalue weighted by Crippen LogP contribution is -2.48. The average molecular weight is 441 g/mol. The number of piperidine rings is 2. The third-order valence-corrected chi connectivity index (χ3v) is 7.06. The molecule has 174 valence electrons. The van der Waals surface area contributed by atoms with Gasteiger partial charge < -0.3 is 9.64 Å². The van der Waals surface area contributed by atoms with Crippen LogP contribution in [-0.4, -0.2) is 57.2 Å². The second-order valence-electron chi connectivity index (χ2n) is 10.7. The van der Waals surface area contributed by atoms with E-state index in [1.54, 1.807) is 4.90 Å². The van der Waals surface area contributed by atoms with E-state index in [4.69, 9.17) is 4.74 Å². The molecule has 0 N–H and O–H groups in total. The van der Waals surface area contributed by atoms with E-state index in [0.717, 1.165) is 32.2 Å². The Kier molecular flexibility index (Phi) is 6.70. The van der Waals surface area contributed by atoms with Gasteiger partial charge in [-0.15, -0.1) is 0 Å². The van der Waals surface area contributed by atoms with Crippen LogP contribution >= 0.6 is 0 Å². The summed E-state index contributed by atoms with van der Waals surface area (Å²) in [7, 11) is 0. The van der Waals surface area contributed by atoms with Gasteiger partial charge in [-0.3, -0.25) is 14.5 Å². The fraction of sp³-hybridized carbons (Fsp3) is 0.654. The molecule has 0 radical (unpaired) electrons. The highest BCUT2D eigenvalue weighted by molar-refractivity contribution is 5.83. The second-order valence-corrected chi connectivity index (χ2v) is 10.7. The van der Waals surface area contributed by atoms with Crippen molar-refractivity contribution in [3.05, 3.63) is 35.9 Å². The molecule has 5 rings (SSSR count). The van der Waals surface area contributed by atoms with Gasteiger partial charge in [0.25, 0.3) is 0 Å². The number of carbonyl (C=O) groups excluding carboxylic acids is 3. The molecular weight excluding hydrogens is 404 g/mol. The first kappa shape index (κ1) is 23.0. The number of benzene rings is 1. The number of fused-ring (bicyclic) bond motifs is 4. The first-order chi connectivity index (χ1) is 15.2. The van der Waals surface area contributed by atoms with Crippen LogP contribution in [0.1, 0.15) is 77.7 Å². The summed E-state index contributed by atoms with van der Waals surface area (Å²) in [5.41, 5.74) is 0.909. The molecule has 6 heteroatoms. The summed E-state index contributed by atoms with van der Waals surface area (Å²) in [6.07, 6.45) is 6.63. The van der Waals surface area contributed by atoms with Crippen molar-refractivity contribution in [3.63, 3.8) is 0 Å². The van der Waals surface area contributed by atoms with Crippen LogP contribution in [0.4, 0.5) is 4.79 Å². The van der Waals surface area contributed by atoms with Crippen LogP contribution in [0.25, 0.3) is 0 Å². The number of hydrogen-bond donors (Lipinski definition) is 0. The van der Waals surface area contributed by atoms with Gasteiger partial charge in [0.05, 0.1) is 0 Å². The quantitative estimate of drug-likeness (QED) is 0.677. The number of amides is 1. The Balaban J connectivity index is 0.000000153. The van der Waals surface area contributed by atoms with E-state index in [-0.39, 0.29) is 24.0 Å². The van der Waals surface area contributed by atoms with Crippen molar-refractivity contribution >= 4 is 17.7 Å². The maximum Gasteiger partial charge on any atom is 0.410 e. The lowest BCUT2D eigenvalue weighted by molar-refractivity contribution is -0.124. The lowest BCUT2D eigenvalue weighted by Gasteiger charge is -2.35. The fourth-order valence-electron chi connectivity index (χ4n) is 5.70. The Morgan fingerprint density at radius 1 is 0.844 bits per heavy atom. The molecule has 4 fully saturated rings. The Morgan fingerprint density at radius 2 is 1.31 bits per heavy atom. The van der Waals surface area contributed by atoms with Crippen molar-refractivity contribution in [1.29, 1.82) is 0 Å². The molecule has 4 aliphatic rings. The van der Waals surface area contributed by atoms with Crippen LogP contribution in [0.15, 0.2) is 30.3 Å². The molecule has 4 atom stereocenters. The molecule has 0 aliphatic carbocycles. The van der Waals surface area contributed by atoms with Crippen molar-refractivity contribution in [2.45, 2.75) is 108 Å². The van der Waals surface area contributed by atoms with Gasteiger partial charge in [-0.05, 0) is 52.0 Å². The lowest BCUT2D eigenvalue weighted by atomic mass is 10.0. The fourth-order valence-corrected chi connectivity index (χ4v) is 5.70. The summed E-state index contributed by atoms with van der Waals surface area (Å²) in [6, 6.07) is 11.8. The van der Waals surface area contributed by atoms with Gasteiger partial charge in [0.15, 0.2) is 0 Å². The van der Waals surface area contributed by atoms with Crippen molar-refractivity contribution in [3.8, 4) is 0 Å². The number of nitrogens with zero attached hydrogens (tertiary/aromatic N) is 2. The standard InChI is InChI=1S/C14H17NO.C12H19NO3/c16-14-8-12-6-7-13(9-14)15(12)10-11-4-2-1-3-5-11;1-12(2,3)16-11(15)13-8-4-5-9(13)7-10(14)6-8/h1-5,12-13H,6-10H2;8-9H,4-7H2,1-3H3/t12-,13+;8-,9+. The van der Waals surface area contributed by atoms with Crippen molar-refractivity contribution < 1.29 is 19.1 Å². The molecule has 1 aromatic rings. The summed E-state index contributed by atoms with van der Waals surface area (Å²) in [5.74, 6) is 0.754. The Hall–Kier alpha value is -2.21. The molecule has 4 saturated heterocycles. The second kappa shape index (κ2) is 9.34. The van der Waals surface area contributed by atoms with E-state index in [0.29, 0.717) is 30.7 Å². The molecule has 4 aliphatic heterocycles. The highest BCUT2D eigenvalue weighted by Gasteiger charge is 2.44. The molecule has 0 spiro atoms. The summed E-state index contributed by atoms with van der Waals surface area (Å²) in [5, 5.41) is 0. The van der Waals surface area contributed by atoms with Gasteiger partial charge in [-0.2, -0.15) is 0 Å². The molecule has 0 saturated carbocycles. The summed E-state index contributed by atoms with van der Waals surface area (Å²) >= 11 is 0. The Morgan fingerprint density at radius 3 is 1.81 bits per heavy atom. The predicted molar refractivity (Wildman–Crippen MR) is 122 cm³/mol. The van der Waals surface area contributed by atoms with E-state index < -0.39 is 5.60 Å². The molecule has 1 aromatic carbocycles. The minimum absolute atomic E-state index is 0.0844. The van der Waals surface area contributed by atoms with Gasteiger partial charge in [0.2, 0.25) is 0 Å². The van der Waals surface area contributed by atoms with E-state index in [2.05, 4.69) is 35.2 Å². The van der Waals surface area contributed by atoms with Crippen molar-refractivity contribution in [1.82, 2.24) is 9.80 Å². The van der Waals surface area contributed by atoms with Crippen molar-refractivity contribution in [2.75, 3.05) is 0 Å². The van der Waals surface area contributed by atoms with Crippen LogP contribution < -0.4 is 0 Å². The van der Waals surface area contributed by atoms with Gasteiger partial charge in [0, 0.05) is 56.4 Å². The predicted octanol–water partition coefficient (Wildman–Crippen LogP) is 4.50. The van der Waals surface area contributed by atoms with Gasteiger partial charge in [-0.1, -0.05) is 30.3 Å². The molecule has 1 amide bonds. The number of Topliss-reactive ketones (excluding diaryl/α,β-unsaturated/α-hetero) is 2. The minimum Gasteiger partial charge on any atom is -0.444 e. The van der Waals surface area contributed by atoms with Crippen LogP contribution in [0.2, 0.25) is 0 Å². The molecule has 4 bridgehead atoms. The SMILES string of the molecule is CC(C)(C)OC(=O)N1[C@@H]2CC[C@H]1CC(=O)C2.O=C1C[C@H]2CC[C@@H](C1)N2Cc1ccccc1. The van der Waals surface area contributed by atoms with Gasteiger partial charge in [0.1, 0.15) is 17.2 Å². The number of rotatable bonds is 2. The summed E-state index contributed by atoms with van der Waals surface area (Å²) < 4.78 is 5.37. The van der Waals surface area contributed by atoms with E-state index in [1.807, 2.05) is 20.8 Å². The summed E-state index contributed by atoms with van der Waals surface area (Å²) in [6.45, 7) is 6.61. The van der Waals surface area contributed by atoms with Crippen LogP contribution in [0.5, 0.6) is 0 Å². The maximum absolute atomic E-state index is 12.0. The van der Waals surface area contributed by atoms with Crippen LogP contribution in [0.3, 0.4) is 0 Å². The van der Waals surface area contributed by atoms with Gasteiger partial charge >= 0.3 is 6.09 Å². The Labute approximate surface area is 191 Å². The van der Waals surface area contributed by atoms with Crippen LogP contribution in [0, 0.1) is 0 Å². The molecule has 0 aromatic heterocycles. The molecule has 0 unspecified atom stereocenters. The average Bonchev–Trinajstić information content (AvgIpc) is 3.11. The summed E-state index contributed by atoms with van der Waals surface area (Å²) in [4.78, 5) is 39.2. The number of ketones is 2. The van der Waals surface area contributed by atoms with Crippen LogP contribution in [-0.2, 0) is 20.9 Å². The monoisotopic (exact) mass is 440 g/mol. The number of ether oxygens (including phenoxy) is 1. The zero-order chi connectivity index (χ0) is 22.9. The number of hydrogen-bond acceptors (Lipinski definition) is 5. The molecule has 4 heterocycles. The highest BCUT2D eigenvalue weighted by atomic mass is 16.6. The van der Waals surface area contributed by atoms with Crippen molar-refractivity contribution in [2.24, 2.45) is 0 Å². The zero-order valence-electron chi connectivity index (χ0n) is 19.6. The van der Waals surface area contributed by atoms with E-state index in [9.17, 15) is 14.4 Å². The smallest absolute Gasteiger partial charge is 0.410 e. The first-order valence-electron chi connectivity index (χ1n) is 12.0.